The molecule has 0 fully saturated rings. The lowest BCUT2D eigenvalue weighted by Crippen LogP contribution is -2.09. The van der Waals surface area contributed by atoms with Gasteiger partial charge >= 0.3 is 0 Å². The maximum Gasteiger partial charge on any atom is 0.259 e. The van der Waals surface area contributed by atoms with E-state index in [9.17, 15) is 4.79 Å². The first kappa shape index (κ1) is 14.6. The molecule has 0 unspecified atom stereocenters. The summed E-state index contributed by atoms with van der Waals surface area (Å²) in [5.74, 6) is 1.13. The molecule has 0 bridgehead atoms. The Morgan fingerprint density at radius 3 is 2.82 bits per heavy atom. The van der Waals surface area contributed by atoms with Crippen molar-refractivity contribution in [2.75, 3.05) is 6.61 Å². The monoisotopic (exact) mass is 314 g/mol. The molecular formula is C17H15ClN2O2. The number of para-hydroxylation sites is 1. The van der Waals surface area contributed by atoms with Crippen molar-refractivity contribution in [3.05, 3.63) is 57.8 Å². The van der Waals surface area contributed by atoms with Gasteiger partial charge in [-0.2, -0.15) is 0 Å². The lowest BCUT2D eigenvalue weighted by Gasteiger charge is -2.09. The summed E-state index contributed by atoms with van der Waals surface area (Å²) < 4.78 is 5.55. The van der Waals surface area contributed by atoms with Crippen LogP contribution in [0.25, 0.3) is 22.3 Å². The van der Waals surface area contributed by atoms with Crippen molar-refractivity contribution in [2.45, 2.75) is 13.3 Å². The molecular weight excluding hydrogens is 300 g/mol. The Kier molecular flexibility index (Phi) is 4.11. The Bertz CT molecular complexity index is 874. The van der Waals surface area contributed by atoms with Crippen molar-refractivity contribution in [1.82, 2.24) is 9.97 Å². The number of aromatic amines is 1. The van der Waals surface area contributed by atoms with Gasteiger partial charge in [-0.3, -0.25) is 4.79 Å². The van der Waals surface area contributed by atoms with Crippen molar-refractivity contribution < 1.29 is 4.74 Å². The van der Waals surface area contributed by atoms with Crippen LogP contribution in [0.1, 0.15) is 13.3 Å². The van der Waals surface area contributed by atoms with E-state index in [1.807, 2.05) is 31.2 Å². The Morgan fingerprint density at radius 1 is 1.23 bits per heavy atom. The molecule has 0 atom stereocenters. The van der Waals surface area contributed by atoms with Gasteiger partial charge in [0.2, 0.25) is 0 Å². The molecule has 1 aromatic heterocycles. The largest absolute Gasteiger partial charge is 0.492 e. The Balaban J connectivity index is 2.04. The smallest absolute Gasteiger partial charge is 0.259 e. The van der Waals surface area contributed by atoms with Crippen LogP contribution in [-0.4, -0.2) is 16.6 Å². The standard InChI is InChI=1S/C17H15ClN2O2/c1-2-9-22-15-8-7-11(10-13(15)18)16-19-14-6-4-3-5-12(14)17(21)20-16/h3-8,10H,2,9H2,1H3,(H,19,20,21). The third-order valence-electron chi connectivity index (χ3n) is 3.28. The topological polar surface area (TPSA) is 55.0 Å². The maximum absolute atomic E-state index is 12.1. The van der Waals surface area contributed by atoms with Gasteiger partial charge in [0.25, 0.3) is 5.56 Å². The number of fused-ring (bicyclic) bond motifs is 1. The molecule has 112 valence electrons. The summed E-state index contributed by atoms with van der Waals surface area (Å²) in [4.78, 5) is 19.4. The molecule has 5 heteroatoms. The van der Waals surface area contributed by atoms with Crippen LogP contribution in [0.3, 0.4) is 0 Å². The SMILES string of the molecule is CCCOc1ccc(-c2nc3ccccc3c(=O)[nH]2)cc1Cl. The van der Waals surface area contributed by atoms with Crippen molar-refractivity contribution in [2.24, 2.45) is 0 Å². The predicted octanol–water partition coefficient (Wildman–Crippen LogP) is 4.03. The number of ether oxygens (including phenoxy) is 1. The van der Waals surface area contributed by atoms with Crippen LogP contribution < -0.4 is 10.3 Å². The quantitative estimate of drug-likeness (QED) is 0.791. The van der Waals surface area contributed by atoms with Gasteiger partial charge in [-0.1, -0.05) is 30.7 Å². The van der Waals surface area contributed by atoms with E-state index in [-0.39, 0.29) is 5.56 Å². The van der Waals surface area contributed by atoms with Crippen molar-refractivity contribution in [3.63, 3.8) is 0 Å². The highest BCUT2D eigenvalue weighted by Crippen LogP contribution is 2.29. The third kappa shape index (κ3) is 2.83. The van der Waals surface area contributed by atoms with Gasteiger partial charge in [0, 0.05) is 5.56 Å². The van der Waals surface area contributed by atoms with Gasteiger partial charge in [-0.05, 0) is 36.8 Å². The second-order valence-corrected chi connectivity index (χ2v) is 5.33. The van der Waals surface area contributed by atoms with Crippen LogP contribution in [0.4, 0.5) is 0 Å². The molecule has 0 aliphatic carbocycles. The molecule has 0 saturated carbocycles. The predicted molar refractivity (Wildman–Crippen MR) is 88.6 cm³/mol. The summed E-state index contributed by atoms with van der Waals surface area (Å²) in [6.07, 6.45) is 0.914. The van der Waals surface area contributed by atoms with Gasteiger partial charge in [-0.25, -0.2) is 4.98 Å². The number of hydrogen-bond donors (Lipinski definition) is 1. The highest BCUT2D eigenvalue weighted by atomic mass is 35.5. The fourth-order valence-electron chi connectivity index (χ4n) is 2.20. The van der Waals surface area contributed by atoms with Crippen LogP contribution in [0.15, 0.2) is 47.3 Å². The first-order valence-corrected chi connectivity index (χ1v) is 7.48. The summed E-state index contributed by atoms with van der Waals surface area (Å²) >= 11 is 6.23. The Labute approximate surface area is 132 Å². The van der Waals surface area contributed by atoms with Gasteiger partial charge in [0.05, 0.1) is 22.5 Å². The number of halogens is 1. The average Bonchev–Trinajstić information content (AvgIpc) is 2.53. The van der Waals surface area contributed by atoms with E-state index >= 15 is 0 Å². The molecule has 0 aliphatic rings. The van der Waals surface area contributed by atoms with Gasteiger partial charge in [0.15, 0.2) is 0 Å². The summed E-state index contributed by atoms with van der Waals surface area (Å²) in [7, 11) is 0. The molecule has 1 heterocycles. The van der Waals surface area contributed by atoms with E-state index in [0.29, 0.717) is 34.1 Å². The van der Waals surface area contributed by atoms with E-state index in [1.165, 1.54) is 0 Å². The molecule has 1 N–H and O–H groups in total. The van der Waals surface area contributed by atoms with Crippen LogP contribution >= 0.6 is 11.6 Å². The van der Waals surface area contributed by atoms with Crippen LogP contribution in [0.5, 0.6) is 5.75 Å². The number of nitrogens with zero attached hydrogens (tertiary/aromatic N) is 1. The number of benzene rings is 2. The lowest BCUT2D eigenvalue weighted by molar-refractivity contribution is 0.317. The lowest BCUT2D eigenvalue weighted by atomic mass is 10.2. The summed E-state index contributed by atoms with van der Waals surface area (Å²) in [5, 5.41) is 1.07. The zero-order valence-corrected chi connectivity index (χ0v) is 12.9. The van der Waals surface area contributed by atoms with Crippen molar-refractivity contribution in [1.29, 1.82) is 0 Å². The van der Waals surface area contributed by atoms with E-state index in [2.05, 4.69) is 9.97 Å². The van der Waals surface area contributed by atoms with E-state index in [0.717, 1.165) is 12.0 Å². The minimum Gasteiger partial charge on any atom is -0.492 e. The van der Waals surface area contributed by atoms with Crippen molar-refractivity contribution in [3.8, 4) is 17.1 Å². The summed E-state index contributed by atoms with van der Waals surface area (Å²) in [5.41, 5.74) is 1.24. The summed E-state index contributed by atoms with van der Waals surface area (Å²) in [6, 6.07) is 12.6. The summed E-state index contributed by atoms with van der Waals surface area (Å²) in [6.45, 7) is 2.65. The minimum atomic E-state index is -0.164. The number of hydrogen-bond acceptors (Lipinski definition) is 3. The highest BCUT2D eigenvalue weighted by Gasteiger charge is 2.08. The van der Waals surface area contributed by atoms with E-state index in [4.69, 9.17) is 16.3 Å². The molecule has 0 saturated heterocycles. The molecule has 22 heavy (non-hydrogen) atoms. The fourth-order valence-corrected chi connectivity index (χ4v) is 2.44. The van der Waals surface area contributed by atoms with Gasteiger partial charge < -0.3 is 9.72 Å². The van der Waals surface area contributed by atoms with E-state index in [1.54, 1.807) is 18.2 Å². The number of H-pyrrole nitrogens is 1. The Hall–Kier alpha value is -2.33. The molecule has 2 aromatic carbocycles. The number of nitrogens with one attached hydrogen (secondary N) is 1. The first-order valence-electron chi connectivity index (χ1n) is 7.11. The number of aromatic nitrogens is 2. The molecule has 0 spiro atoms. The second kappa shape index (κ2) is 6.20. The highest BCUT2D eigenvalue weighted by molar-refractivity contribution is 6.32. The molecule has 0 radical (unpaired) electrons. The van der Waals surface area contributed by atoms with Gasteiger partial charge in [-0.15, -0.1) is 0 Å². The van der Waals surface area contributed by atoms with Crippen LogP contribution in [0.2, 0.25) is 5.02 Å². The molecule has 0 aliphatic heterocycles. The Morgan fingerprint density at radius 2 is 2.05 bits per heavy atom. The molecule has 3 rings (SSSR count). The molecule has 0 amide bonds. The minimum absolute atomic E-state index is 0.164. The zero-order valence-electron chi connectivity index (χ0n) is 12.1. The van der Waals surface area contributed by atoms with Crippen molar-refractivity contribution >= 4 is 22.5 Å². The van der Waals surface area contributed by atoms with Gasteiger partial charge in [0.1, 0.15) is 11.6 Å². The average molecular weight is 315 g/mol. The van der Waals surface area contributed by atoms with Crippen LogP contribution in [0, 0.1) is 0 Å². The fraction of sp³-hybridized carbons (Fsp3) is 0.176. The normalized spacial score (nSPS) is 10.8. The van der Waals surface area contributed by atoms with Crippen LogP contribution in [-0.2, 0) is 0 Å². The van der Waals surface area contributed by atoms with E-state index < -0.39 is 0 Å². The second-order valence-electron chi connectivity index (χ2n) is 4.93. The first-order chi connectivity index (χ1) is 10.7. The maximum atomic E-state index is 12.1. The third-order valence-corrected chi connectivity index (χ3v) is 3.58. The zero-order chi connectivity index (χ0) is 15.5. The molecule has 3 aromatic rings. The molecule has 4 nitrogen and oxygen atoms in total. The number of rotatable bonds is 4.